The molecule has 26 heteroatoms. The third kappa shape index (κ3) is 8.10. The molecule has 246 valence electrons. The second-order valence-corrected chi connectivity index (χ2v) is 15.9. The number of nitrogens with two attached hydrogens (primary N) is 1. The summed E-state index contributed by atoms with van der Waals surface area (Å²) >= 11 is 6.65. The van der Waals surface area contributed by atoms with Crippen LogP contribution in [0, 0.1) is 0 Å². The van der Waals surface area contributed by atoms with Crippen molar-refractivity contribution in [2.24, 2.45) is 0 Å². The van der Waals surface area contributed by atoms with E-state index in [1.54, 1.807) is 0 Å². The van der Waals surface area contributed by atoms with Crippen LogP contribution in [0.15, 0.2) is 35.2 Å². The minimum absolute atomic E-state index is 0.00368. The van der Waals surface area contributed by atoms with Gasteiger partial charge in [-0.05, 0) is 12.1 Å². The fourth-order valence-electron chi connectivity index (χ4n) is 3.97. The Morgan fingerprint density at radius 3 is 2.62 bits per heavy atom. The fourth-order valence-corrected chi connectivity index (χ4v) is 8.57. The van der Waals surface area contributed by atoms with Gasteiger partial charge >= 0.3 is 15.6 Å². The monoisotopic (exact) mass is 731 g/mol. The number of hydrogen-bond acceptors (Lipinski definition) is 17. The van der Waals surface area contributed by atoms with E-state index in [-0.39, 0.29) is 40.0 Å². The molecule has 1 fully saturated rings. The van der Waals surface area contributed by atoms with Gasteiger partial charge in [0, 0.05) is 6.54 Å². The van der Waals surface area contributed by atoms with Crippen molar-refractivity contribution in [3.63, 3.8) is 0 Å². The minimum Gasteiger partial charge on any atom is -0.387 e. The van der Waals surface area contributed by atoms with Gasteiger partial charge in [0.2, 0.25) is 10.0 Å². The first-order valence-electron chi connectivity index (χ1n) is 12.4. The van der Waals surface area contributed by atoms with Crippen LogP contribution < -0.4 is 10.5 Å². The fraction of sp³-hybridized carbons (Fsp3) is 0.421. The van der Waals surface area contributed by atoms with Gasteiger partial charge in [-0.3, -0.25) is 18.3 Å². The first-order valence-corrected chi connectivity index (χ1v) is 18.1. The molecule has 2 unspecified atom stereocenters. The van der Waals surface area contributed by atoms with Crippen LogP contribution in [0.5, 0.6) is 0 Å². The lowest BCUT2D eigenvalue weighted by atomic mass is 10.1. The van der Waals surface area contributed by atoms with Gasteiger partial charge in [-0.2, -0.15) is 4.31 Å². The lowest BCUT2D eigenvalue weighted by Gasteiger charge is -2.19. The maximum Gasteiger partial charge on any atom is 0.481 e. The number of aliphatic hydroxyl groups is 2. The van der Waals surface area contributed by atoms with Gasteiger partial charge in [0.25, 0.3) is 0 Å². The van der Waals surface area contributed by atoms with Crippen LogP contribution in [-0.4, -0.2) is 94.4 Å². The van der Waals surface area contributed by atoms with Crippen molar-refractivity contribution in [1.82, 2.24) is 39.2 Å². The number of fused-ring (bicyclic) bond motifs is 1. The van der Waals surface area contributed by atoms with E-state index in [4.69, 9.17) is 31.1 Å². The van der Waals surface area contributed by atoms with Gasteiger partial charge in [-0.1, -0.05) is 16.8 Å². The maximum absolute atomic E-state index is 12.4. The number of thiophene rings is 1. The Bertz CT molecular complexity index is 1870. The van der Waals surface area contributed by atoms with E-state index in [0.29, 0.717) is 4.34 Å². The molecule has 5 heterocycles. The average Bonchev–Trinajstić information content (AvgIpc) is 3.75. The first-order chi connectivity index (χ1) is 21.1. The zero-order valence-corrected chi connectivity index (χ0v) is 26.6. The zero-order chi connectivity index (χ0) is 32.6. The average molecular weight is 732 g/mol. The lowest BCUT2D eigenvalue weighted by molar-refractivity contribution is -0.0504. The van der Waals surface area contributed by atoms with Crippen LogP contribution in [-0.2, 0) is 50.4 Å². The van der Waals surface area contributed by atoms with Crippen molar-refractivity contribution in [3.8, 4) is 0 Å². The van der Waals surface area contributed by atoms with Gasteiger partial charge in [-0.25, -0.2) is 37.2 Å². The normalized spacial score (nSPS) is 23.3. The van der Waals surface area contributed by atoms with Crippen LogP contribution in [0.2, 0.25) is 4.34 Å². The molecule has 7 N–H and O–H groups in total. The van der Waals surface area contributed by atoms with Crippen LogP contribution in [0.3, 0.4) is 0 Å². The standard InChI is InChI=1S/C19H24ClN9O12P2S2/c20-12-1-2-13(44-12)45(36,37)25-3-4-28-5-10(26-27-28)6-38-42(32,33)41-43(34,35)39-7-11-15(30)16(31)19(40-11)29-9-24-14-17(21)22-8-23-18(14)29/h1-2,5,8-9,11,15-16,19,25,30-31H,3-4,6-7H2,(H,32,33)(H,34,35)(H2,21,22,23)/t11-,15-,16-,19-/m1/s1. The molecule has 0 aliphatic carbocycles. The summed E-state index contributed by atoms with van der Waals surface area (Å²) in [6.45, 7) is -1.60. The number of phosphoric ester groups is 2. The molecule has 0 radical (unpaired) electrons. The number of halogens is 1. The molecule has 5 rings (SSSR count). The zero-order valence-electron chi connectivity index (χ0n) is 22.4. The number of anilines is 1. The number of sulfonamides is 1. The summed E-state index contributed by atoms with van der Waals surface area (Å²) in [5.41, 5.74) is 6.13. The molecule has 4 aromatic heterocycles. The quantitative estimate of drug-likeness (QED) is 0.0912. The largest absolute Gasteiger partial charge is 0.481 e. The third-order valence-corrected chi connectivity index (χ3v) is 11.8. The highest BCUT2D eigenvalue weighted by molar-refractivity contribution is 7.91. The predicted octanol–water partition coefficient (Wildman–Crippen LogP) is -0.237. The third-order valence-electron chi connectivity index (χ3n) is 6.01. The van der Waals surface area contributed by atoms with Gasteiger partial charge < -0.3 is 30.5 Å². The van der Waals surface area contributed by atoms with E-state index < -0.39 is 63.4 Å². The number of imidazole rings is 1. The smallest absolute Gasteiger partial charge is 0.387 e. The minimum atomic E-state index is -5.29. The molecule has 1 saturated heterocycles. The molecule has 0 saturated carbocycles. The number of nitrogen functional groups attached to an aromatic ring is 1. The predicted molar refractivity (Wildman–Crippen MR) is 152 cm³/mol. The topological polar surface area (TPSA) is 298 Å². The van der Waals surface area contributed by atoms with Gasteiger partial charge in [-0.15, -0.1) is 16.4 Å². The number of hydrogen-bond donors (Lipinski definition) is 6. The van der Waals surface area contributed by atoms with Crippen molar-refractivity contribution >= 4 is 65.6 Å². The molecular formula is C19H24ClN9O12P2S2. The van der Waals surface area contributed by atoms with Gasteiger partial charge in [0.1, 0.15) is 46.7 Å². The number of rotatable bonds is 14. The van der Waals surface area contributed by atoms with Crippen molar-refractivity contribution in [1.29, 1.82) is 0 Å². The van der Waals surface area contributed by atoms with Crippen LogP contribution in [0.4, 0.5) is 5.82 Å². The van der Waals surface area contributed by atoms with Gasteiger partial charge in [0.15, 0.2) is 17.7 Å². The molecule has 1 aliphatic rings. The number of aromatic nitrogens is 7. The Labute approximate surface area is 261 Å². The number of ether oxygens (including phenoxy) is 1. The first kappa shape index (κ1) is 33.9. The highest BCUT2D eigenvalue weighted by atomic mass is 35.5. The lowest BCUT2D eigenvalue weighted by Crippen LogP contribution is -2.33. The Morgan fingerprint density at radius 1 is 1.13 bits per heavy atom. The van der Waals surface area contributed by atoms with E-state index in [1.807, 2.05) is 0 Å². The summed E-state index contributed by atoms with van der Waals surface area (Å²) in [5.74, 6) is 0.0621. The number of nitrogens with one attached hydrogen (secondary N) is 1. The van der Waals surface area contributed by atoms with Crippen LogP contribution in [0.1, 0.15) is 11.9 Å². The van der Waals surface area contributed by atoms with E-state index in [2.05, 4.69) is 34.3 Å². The van der Waals surface area contributed by atoms with Crippen LogP contribution in [0.25, 0.3) is 11.2 Å². The molecule has 0 bridgehead atoms. The van der Waals surface area contributed by atoms with E-state index in [1.165, 1.54) is 33.9 Å². The summed E-state index contributed by atoms with van der Waals surface area (Å²) < 4.78 is 73.6. The summed E-state index contributed by atoms with van der Waals surface area (Å²) in [7, 11) is -14.3. The van der Waals surface area contributed by atoms with Crippen molar-refractivity contribution in [3.05, 3.63) is 41.0 Å². The van der Waals surface area contributed by atoms with E-state index >= 15 is 0 Å². The summed E-state index contributed by atoms with van der Waals surface area (Å²) in [6.07, 6.45) is -2.18. The van der Waals surface area contributed by atoms with Crippen molar-refractivity contribution < 1.29 is 55.6 Å². The second-order valence-electron chi connectivity index (χ2n) is 9.15. The van der Waals surface area contributed by atoms with Crippen LogP contribution >= 0.6 is 38.6 Å². The Hall–Kier alpha value is -2.47. The Balaban J connectivity index is 1.09. The SMILES string of the molecule is Nc1ncnc2c1ncn2[C@@H]1O[C@H](COP(=O)(O)OP(=O)(O)OCc2cn(CCNS(=O)(=O)c3ccc(Cl)s3)nn2)[C@@H](O)[C@H]1O. The highest BCUT2D eigenvalue weighted by Crippen LogP contribution is 2.60. The van der Waals surface area contributed by atoms with E-state index in [0.717, 1.165) is 17.7 Å². The molecule has 0 amide bonds. The molecule has 45 heavy (non-hydrogen) atoms. The number of nitrogens with zero attached hydrogens (tertiary/aromatic N) is 7. The van der Waals surface area contributed by atoms with Gasteiger partial charge in [0.05, 0.1) is 30.0 Å². The Morgan fingerprint density at radius 2 is 1.89 bits per heavy atom. The maximum atomic E-state index is 12.4. The summed E-state index contributed by atoms with van der Waals surface area (Å²) in [6, 6.07) is 2.80. The van der Waals surface area contributed by atoms with Crippen molar-refractivity contribution in [2.75, 3.05) is 18.9 Å². The molecule has 6 atom stereocenters. The molecule has 21 nitrogen and oxygen atoms in total. The Kier molecular flexibility index (Phi) is 10.0. The summed E-state index contributed by atoms with van der Waals surface area (Å²) in [4.78, 5) is 31.8. The number of phosphoric acid groups is 2. The summed E-state index contributed by atoms with van der Waals surface area (Å²) in [5, 5.41) is 28.3. The molecule has 0 aromatic carbocycles. The highest BCUT2D eigenvalue weighted by Gasteiger charge is 2.46. The molecule has 4 aromatic rings. The molecule has 0 spiro atoms. The molecule has 1 aliphatic heterocycles. The molecular weight excluding hydrogens is 708 g/mol. The van der Waals surface area contributed by atoms with E-state index in [9.17, 15) is 37.5 Å². The number of aliphatic hydroxyl groups excluding tert-OH is 2. The second kappa shape index (κ2) is 13.3. The van der Waals surface area contributed by atoms with Crippen molar-refractivity contribution in [2.45, 2.75) is 41.9 Å².